The van der Waals surface area contributed by atoms with Crippen LogP contribution in [-0.2, 0) is 6.42 Å². The van der Waals surface area contributed by atoms with Crippen molar-refractivity contribution in [1.29, 1.82) is 0 Å². The molecular weight excluding hydrogens is 215 g/mol. The van der Waals surface area contributed by atoms with Gasteiger partial charge in [-0.25, -0.2) is 4.39 Å². The van der Waals surface area contributed by atoms with Crippen molar-refractivity contribution in [2.75, 3.05) is 11.9 Å². The third-order valence-corrected chi connectivity index (χ3v) is 3.52. The fourth-order valence-electron chi connectivity index (χ4n) is 2.15. The molecule has 0 bridgehead atoms. The molecule has 1 fully saturated rings. The van der Waals surface area contributed by atoms with E-state index in [9.17, 15) is 4.39 Å². The highest BCUT2D eigenvalue weighted by Crippen LogP contribution is 2.32. The van der Waals surface area contributed by atoms with E-state index in [1.807, 2.05) is 6.07 Å². The molecule has 3 heteroatoms. The predicted molar refractivity (Wildman–Crippen MR) is 69.8 cm³/mol. The number of halogens is 1. The summed E-state index contributed by atoms with van der Waals surface area (Å²) >= 11 is 0. The lowest BCUT2D eigenvalue weighted by atomic mass is 10.0. The summed E-state index contributed by atoms with van der Waals surface area (Å²) in [7, 11) is 2.09. The summed E-state index contributed by atoms with van der Waals surface area (Å²) in [5, 5.41) is 0. The van der Waals surface area contributed by atoms with Gasteiger partial charge in [0.25, 0.3) is 0 Å². The number of benzene rings is 1. The van der Waals surface area contributed by atoms with Crippen molar-refractivity contribution in [3.8, 4) is 0 Å². The molecule has 1 aromatic carbocycles. The Labute approximate surface area is 103 Å². The summed E-state index contributed by atoms with van der Waals surface area (Å²) in [6.07, 6.45) is 4.16. The Morgan fingerprint density at radius 3 is 2.76 bits per heavy atom. The first kappa shape index (κ1) is 12.4. The van der Waals surface area contributed by atoms with Crippen LogP contribution in [0.15, 0.2) is 18.2 Å². The third kappa shape index (κ3) is 2.97. The van der Waals surface area contributed by atoms with Gasteiger partial charge in [-0.1, -0.05) is 6.92 Å². The van der Waals surface area contributed by atoms with Gasteiger partial charge in [-0.15, -0.1) is 0 Å². The van der Waals surface area contributed by atoms with Crippen LogP contribution in [0.2, 0.25) is 0 Å². The lowest BCUT2D eigenvalue weighted by Crippen LogP contribution is -2.25. The van der Waals surface area contributed by atoms with Crippen molar-refractivity contribution in [2.24, 2.45) is 5.73 Å². The third-order valence-electron chi connectivity index (χ3n) is 3.52. The van der Waals surface area contributed by atoms with Crippen molar-refractivity contribution < 1.29 is 4.39 Å². The van der Waals surface area contributed by atoms with Crippen LogP contribution >= 0.6 is 0 Å². The monoisotopic (exact) mass is 236 g/mol. The van der Waals surface area contributed by atoms with Crippen LogP contribution in [0.5, 0.6) is 0 Å². The van der Waals surface area contributed by atoms with Crippen LogP contribution in [0.3, 0.4) is 0 Å². The Bertz CT molecular complexity index is 388. The molecule has 1 atom stereocenters. The zero-order valence-electron chi connectivity index (χ0n) is 10.6. The van der Waals surface area contributed by atoms with Gasteiger partial charge >= 0.3 is 0 Å². The highest BCUT2D eigenvalue weighted by Gasteiger charge is 2.27. The standard InChI is InChI=1S/C14H21FN2/c1-3-12(16)9-10-8-11(15)4-7-14(10)17(2)13-5-6-13/h4,7-8,12-13H,3,5-6,9,16H2,1-2H3. The van der Waals surface area contributed by atoms with Gasteiger partial charge in [0.1, 0.15) is 5.82 Å². The zero-order valence-corrected chi connectivity index (χ0v) is 10.6. The molecule has 2 rings (SSSR count). The van der Waals surface area contributed by atoms with Crippen LogP contribution in [0.4, 0.5) is 10.1 Å². The number of nitrogens with two attached hydrogens (primary N) is 1. The van der Waals surface area contributed by atoms with Crippen molar-refractivity contribution >= 4 is 5.69 Å². The van der Waals surface area contributed by atoms with Gasteiger partial charge in [-0.05, 0) is 49.4 Å². The number of hydrogen-bond donors (Lipinski definition) is 1. The number of rotatable bonds is 5. The average Bonchev–Trinajstić information content (AvgIpc) is 3.12. The quantitative estimate of drug-likeness (QED) is 0.851. The molecule has 0 aliphatic heterocycles. The Hall–Kier alpha value is -1.09. The van der Waals surface area contributed by atoms with E-state index in [0.717, 1.165) is 24.1 Å². The van der Waals surface area contributed by atoms with E-state index < -0.39 is 0 Å². The fourth-order valence-corrected chi connectivity index (χ4v) is 2.15. The summed E-state index contributed by atoms with van der Waals surface area (Å²) in [5.74, 6) is -0.170. The molecule has 0 amide bonds. The van der Waals surface area contributed by atoms with Crippen molar-refractivity contribution in [3.63, 3.8) is 0 Å². The summed E-state index contributed by atoms with van der Waals surface area (Å²) in [5.41, 5.74) is 8.15. The van der Waals surface area contributed by atoms with Gasteiger partial charge in [0.15, 0.2) is 0 Å². The van der Waals surface area contributed by atoms with Crippen molar-refractivity contribution in [3.05, 3.63) is 29.6 Å². The van der Waals surface area contributed by atoms with Crippen LogP contribution in [-0.4, -0.2) is 19.1 Å². The molecule has 2 nitrogen and oxygen atoms in total. The van der Waals surface area contributed by atoms with E-state index in [4.69, 9.17) is 5.73 Å². The largest absolute Gasteiger partial charge is 0.371 e. The molecule has 0 heterocycles. The first-order valence-electron chi connectivity index (χ1n) is 6.38. The summed E-state index contributed by atoms with van der Waals surface area (Å²) in [6, 6.07) is 5.80. The smallest absolute Gasteiger partial charge is 0.123 e. The molecule has 0 radical (unpaired) electrons. The fraction of sp³-hybridized carbons (Fsp3) is 0.571. The Kier molecular flexibility index (Phi) is 3.67. The van der Waals surface area contributed by atoms with Crippen molar-refractivity contribution in [2.45, 2.75) is 44.7 Å². The Morgan fingerprint density at radius 2 is 2.18 bits per heavy atom. The van der Waals surface area contributed by atoms with Gasteiger partial charge in [-0.2, -0.15) is 0 Å². The van der Waals surface area contributed by atoms with Crippen LogP contribution in [0, 0.1) is 5.82 Å². The molecule has 1 aliphatic carbocycles. The number of hydrogen-bond acceptors (Lipinski definition) is 2. The maximum absolute atomic E-state index is 13.3. The van der Waals surface area contributed by atoms with E-state index >= 15 is 0 Å². The van der Waals surface area contributed by atoms with Crippen LogP contribution in [0.25, 0.3) is 0 Å². The minimum absolute atomic E-state index is 0.114. The van der Waals surface area contributed by atoms with Gasteiger partial charge in [0.05, 0.1) is 0 Å². The SMILES string of the molecule is CCC(N)Cc1cc(F)ccc1N(C)C1CC1. The number of nitrogens with zero attached hydrogens (tertiary/aromatic N) is 1. The van der Waals surface area contributed by atoms with E-state index in [0.29, 0.717) is 6.04 Å². The van der Waals surface area contributed by atoms with Crippen LogP contribution in [0.1, 0.15) is 31.7 Å². The molecule has 1 saturated carbocycles. The summed E-state index contributed by atoms with van der Waals surface area (Å²) < 4.78 is 13.3. The van der Waals surface area contributed by atoms with Gasteiger partial charge in [0, 0.05) is 24.8 Å². The second-order valence-corrected chi connectivity index (χ2v) is 4.99. The minimum atomic E-state index is -0.170. The highest BCUT2D eigenvalue weighted by molar-refractivity contribution is 5.55. The van der Waals surface area contributed by atoms with Gasteiger partial charge in [-0.3, -0.25) is 0 Å². The van der Waals surface area contributed by atoms with Gasteiger partial charge < -0.3 is 10.6 Å². The zero-order chi connectivity index (χ0) is 12.4. The first-order valence-corrected chi connectivity index (χ1v) is 6.38. The Morgan fingerprint density at radius 1 is 1.47 bits per heavy atom. The lowest BCUT2D eigenvalue weighted by molar-refractivity contribution is 0.613. The van der Waals surface area contributed by atoms with E-state index in [1.54, 1.807) is 6.07 Å². The maximum Gasteiger partial charge on any atom is 0.123 e. The second-order valence-electron chi connectivity index (χ2n) is 4.99. The molecule has 94 valence electrons. The molecule has 0 spiro atoms. The minimum Gasteiger partial charge on any atom is -0.371 e. The maximum atomic E-state index is 13.3. The second kappa shape index (κ2) is 5.05. The van der Waals surface area contributed by atoms with Crippen molar-refractivity contribution in [1.82, 2.24) is 0 Å². The molecular formula is C14H21FN2. The highest BCUT2D eigenvalue weighted by atomic mass is 19.1. The molecule has 0 saturated heterocycles. The predicted octanol–water partition coefficient (Wildman–Crippen LogP) is 2.70. The molecule has 1 aliphatic rings. The summed E-state index contributed by atoms with van der Waals surface area (Å²) in [4.78, 5) is 2.26. The summed E-state index contributed by atoms with van der Waals surface area (Å²) in [6.45, 7) is 2.06. The van der Waals surface area contributed by atoms with E-state index in [2.05, 4.69) is 18.9 Å². The average molecular weight is 236 g/mol. The topological polar surface area (TPSA) is 29.3 Å². The number of anilines is 1. The molecule has 1 aromatic rings. The molecule has 2 N–H and O–H groups in total. The van der Waals surface area contributed by atoms with E-state index in [-0.39, 0.29) is 11.9 Å². The first-order chi connectivity index (χ1) is 8.11. The molecule has 1 unspecified atom stereocenters. The van der Waals surface area contributed by atoms with Gasteiger partial charge in [0.2, 0.25) is 0 Å². The molecule has 0 aromatic heterocycles. The van der Waals surface area contributed by atoms with Crippen LogP contribution < -0.4 is 10.6 Å². The lowest BCUT2D eigenvalue weighted by Gasteiger charge is -2.23. The normalized spacial score (nSPS) is 16.9. The van der Waals surface area contributed by atoms with E-state index in [1.165, 1.54) is 18.9 Å². The Balaban J connectivity index is 2.23. The molecule has 17 heavy (non-hydrogen) atoms.